The summed E-state index contributed by atoms with van der Waals surface area (Å²) in [6.45, 7) is 4.52. The maximum Gasteiger partial charge on any atom is 0.0540 e. The lowest BCUT2D eigenvalue weighted by Crippen LogP contribution is -2.13. The van der Waals surface area contributed by atoms with E-state index in [1.807, 2.05) is 22.7 Å². The highest BCUT2D eigenvalue weighted by Crippen LogP contribution is 2.48. The van der Waals surface area contributed by atoms with E-state index in [2.05, 4.69) is 303 Å². The van der Waals surface area contributed by atoms with E-state index < -0.39 is 0 Å². The molecule has 14 aromatic rings. The quantitative estimate of drug-likeness (QED) is 0.127. The Morgan fingerprint density at radius 3 is 0.987 bits per heavy atom. The molecule has 0 aliphatic heterocycles. The van der Waals surface area contributed by atoms with E-state index in [1.165, 1.54) is 107 Å². The maximum atomic E-state index is 2.47. The highest BCUT2D eigenvalue weighted by Gasteiger charge is 2.23. The summed E-state index contributed by atoms with van der Waals surface area (Å²) < 4.78 is 5.18. The Morgan fingerprint density at radius 2 is 0.564 bits per heavy atom. The predicted molar refractivity (Wildman–Crippen MR) is 338 cm³/mol. The number of hydrogen-bond donors (Lipinski definition) is 0. The maximum absolute atomic E-state index is 2.47. The van der Waals surface area contributed by atoms with E-state index in [0.717, 1.165) is 34.1 Å². The van der Waals surface area contributed by atoms with Gasteiger partial charge >= 0.3 is 0 Å². The summed E-state index contributed by atoms with van der Waals surface area (Å²) in [5, 5.41) is 5.12. The summed E-state index contributed by atoms with van der Waals surface area (Å²) in [5.74, 6) is 0. The lowest BCUT2D eigenvalue weighted by molar-refractivity contribution is 1.25. The summed E-state index contributed by atoms with van der Waals surface area (Å²) in [6, 6.07) is 103. The fourth-order valence-corrected chi connectivity index (χ4v) is 13.6. The lowest BCUT2D eigenvalue weighted by Gasteiger charge is -2.30. The first kappa shape index (κ1) is 47.2. The molecule has 0 saturated carbocycles. The molecule has 0 fully saturated rings. The van der Waals surface area contributed by atoms with Gasteiger partial charge in [0.15, 0.2) is 0 Å². The molecule has 0 N–H and O–H groups in total. The van der Waals surface area contributed by atoms with Crippen molar-refractivity contribution in [2.45, 2.75) is 13.8 Å². The molecule has 4 heteroatoms. The monoisotopic (exact) mass is 1030 g/mol. The summed E-state index contributed by atoms with van der Waals surface area (Å²) in [5.41, 5.74) is 21.0. The number of nitrogens with zero attached hydrogens (tertiary/aromatic N) is 2. The zero-order chi connectivity index (χ0) is 52.1. The summed E-state index contributed by atoms with van der Waals surface area (Å²) in [6.07, 6.45) is 0. The van der Waals surface area contributed by atoms with Gasteiger partial charge < -0.3 is 9.80 Å². The van der Waals surface area contributed by atoms with Gasteiger partial charge in [-0.25, -0.2) is 0 Å². The van der Waals surface area contributed by atoms with Crippen LogP contribution in [0.1, 0.15) is 11.1 Å². The van der Waals surface area contributed by atoms with Gasteiger partial charge in [0.2, 0.25) is 0 Å². The molecule has 0 amide bonds. The Morgan fingerprint density at radius 1 is 0.231 bits per heavy atom. The SMILES string of the molecule is Cc1cc(-c2ccc(N(c3ccc4sc5ccccc5c4c3)c3ccccc3-c3ccc(-c4ccccc4)cc3)c(C)c2)ccc1N(c1ccc2sc3ccccc3c2c1)c1ccccc1-c1ccc(-c2ccccc2)cc1. The summed E-state index contributed by atoms with van der Waals surface area (Å²) in [7, 11) is 0. The normalized spacial score (nSPS) is 11.5. The van der Waals surface area contributed by atoms with Crippen molar-refractivity contribution in [2.24, 2.45) is 0 Å². The van der Waals surface area contributed by atoms with Crippen molar-refractivity contribution in [3.05, 3.63) is 290 Å². The minimum atomic E-state index is 1.12. The van der Waals surface area contributed by atoms with Crippen molar-refractivity contribution in [1.29, 1.82) is 0 Å². The average Bonchev–Trinajstić information content (AvgIpc) is 4.17. The van der Waals surface area contributed by atoms with E-state index in [1.54, 1.807) is 0 Å². The molecular formula is C74H52N2S2. The van der Waals surface area contributed by atoms with E-state index in [9.17, 15) is 0 Å². The van der Waals surface area contributed by atoms with Gasteiger partial charge in [-0.15, -0.1) is 22.7 Å². The lowest BCUT2D eigenvalue weighted by atomic mass is 9.96. The Kier molecular flexibility index (Phi) is 12.1. The van der Waals surface area contributed by atoms with Gasteiger partial charge in [0.05, 0.1) is 11.4 Å². The predicted octanol–water partition coefficient (Wildman–Crippen LogP) is 22.3. The summed E-state index contributed by atoms with van der Waals surface area (Å²) in [4.78, 5) is 4.94. The van der Waals surface area contributed by atoms with Crippen molar-refractivity contribution < 1.29 is 0 Å². The molecule has 78 heavy (non-hydrogen) atoms. The van der Waals surface area contributed by atoms with E-state index in [0.29, 0.717) is 0 Å². The second-order valence-corrected chi connectivity index (χ2v) is 22.3. The Balaban J connectivity index is 0.871. The molecule has 370 valence electrons. The minimum Gasteiger partial charge on any atom is -0.310 e. The molecular weight excluding hydrogens is 981 g/mol. The third kappa shape index (κ3) is 8.62. The van der Waals surface area contributed by atoms with Crippen LogP contribution in [-0.4, -0.2) is 0 Å². The molecule has 0 saturated heterocycles. The fraction of sp³-hybridized carbons (Fsp3) is 0.0270. The number of thiophene rings is 2. The topological polar surface area (TPSA) is 6.48 Å². The zero-order valence-corrected chi connectivity index (χ0v) is 44.9. The van der Waals surface area contributed by atoms with Crippen LogP contribution in [0.15, 0.2) is 279 Å². The van der Waals surface area contributed by atoms with E-state index >= 15 is 0 Å². The third-order valence-electron chi connectivity index (χ3n) is 15.3. The third-order valence-corrected chi connectivity index (χ3v) is 17.6. The van der Waals surface area contributed by atoms with Crippen LogP contribution < -0.4 is 9.80 Å². The van der Waals surface area contributed by atoms with Gasteiger partial charge in [-0.3, -0.25) is 0 Å². The first-order valence-electron chi connectivity index (χ1n) is 26.6. The highest BCUT2D eigenvalue weighted by atomic mass is 32.1. The molecule has 14 rings (SSSR count). The molecule has 0 spiro atoms. The van der Waals surface area contributed by atoms with Crippen LogP contribution in [0.25, 0.3) is 96.0 Å². The van der Waals surface area contributed by atoms with Gasteiger partial charge in [-0.05, 0) is 154 Å². The Labute approximate surface area is 463 Å². The van der Waals surface area contributed by atoms with Crippen molar-refractivity contribution >= 4 is 97.1 Å². The number of rotatable bonds is 11. The van der Waals surface area contributed by atoms with Crippen molar-refractivity contribution in [3.63, 3.8) is 0 Å². The van der Waals surface area contributed by atoms with E-state index in [-0.39, 0.29) is 0 Å². The standard InChI is InChI=1S/C74H52N2S2/c1-49-45-57(37-41-67(49)75(59-39-43-73-65(47-59)63-23-11-15-27-71(63)77-73)69-25-13-9-21-61(69)55-33-29-53(30-34-55)51-17-5-3-6-18-51)58-38-42-68(50(2)46-58)76(60-40-44-74-66(48-60)64-24-12-16-28-72(64)78-74)70-26-14-10-22-62(70)56-35-31-54(32-36-56)52-19-7-4-8-20-52/h3-48H,1-2H3. The number of fused-ring (bicyclic) bond motifs is 6. The molecule has 0 unspecified atom stereocenters. The van der Waals surface area contributed by atoms with Crippen LogP contribution in [0.4, 0.5) is 34.1 Å². The van der Waals surface area contributed by atoms with Gasteiger partial charge in [0, 0.05) is 74.2 Å². The molecule has 0 atom stereocenters. The molecule has 2 heterocycles. The van der Waals surface area contributed by atoms with Crippen LogP contribution >= 0.6 is 22.7 Å². The first-order chi connectivity index (χ1) is 38.5. The van der Waals surface area contributed by atoms with Crippen LogP contribution in [-0.2, 0) is 0 Å². The number of anilines is 6. The number of para-hydroxylation sites is 2. The largest absolute Gasteiger partial charge is 0.310 e. The van der Waals surface area contributed by atoms with Crippen LogP contribution in [0.3, 0.4) is 0 Å². The van der Waals surface area contributed by atoms with Crippen LogP contribution in [0.2, 0.25) is 0 Å². The minimum absolute atomic E-state index is 1.12. The highest BCUT2D eigenvalue weighted by molar-refractivity contribution is 7.26. The van der Waals surface area contributed by atoms with Gasteiger partial charge in [0.1, 0.15) is 0 Å². The van der Waals surface area contributed by atoms with E-state index in [4.69, 9.17) is 0 Å². The molecule has 12 aromatic carbocycles. The molecule has 0 radical (unpaired) electrons. The molecule has 2 aromatic heterocycles. The average molecular weight is 1030 g/mol. The number of aryl methyl sites for hydroxylation is 2. The molecule has 0 bridgehead atoms. The van der Waals surface area contributed by atoms with Crippen LogP contribution in [0, 0.1) is 13.8 Å². The fourth-order valence-electron chi connectivity index (χ4n) is 11.5. The zero-order valence-electron chi connectivity index (χ0n) is 43.3. The smallest absolute Gasteiger partial charge is 0.0540 e. The first-order valence-corrected chi connectivity index (χ1v) is 28.3. The van der Waals surface area contributed by atoms with Gasteiger partial charge in [-0.2, -0.15) is 0 Å². The number of benzene rings is 12. The van der Waals surface area contributed by atoms with Gasteiger partial charge in [0.25, 0.3) is 0 Å². The number of hydrogen-bond acceptors (Lipinski definition) is 4. The van der Waals surface area contributed by atoms with Crippen molar-refractivity contribution in [2.75, 3.05) is 9.80 Å². The van der Waals surface area contributed by atoms with Gasteiger partial charge in [-0.1, -0.05) is 194 Å². The van der Waals surface area contributed by atoms with Crippen molar-refractivity contribution in [1.82, 2.24) is 0 Å². The molecule has 2 nitrogen and oxygen atoms in total. The summed E-state index contributed by atoms with van der Waals surface area (Å²) >= 11 is 3.71. The Hall–Kier alpha value is -9.32. The van der Waals surface area contributed by atoms with Crippen molar-refractivity contribution in [3.8, 4) is 55.6 Å². The molecule has 0 aliphatic rings. The second kappa shape index (κ2) is 20.0. The van der Waals surface area contributed by atoms with Crippen LogP contribution in [0.5, 0.6) is 0 Å². The Bertz CT molecular complexity index is 4220. The molecule has 0 aliphatic carbocycles. The second-order valence-electron chi connectivity index (χ2n) is 20.2.